The Kier molecular flexibility index (Phi) is 4.45. The summed E-state index contributed by atoms with van der Waals surface area (Å²) in [7, 11) is 0. The van der Waals surface area contributed by atoms with Gasteiger partial charge in [-0.2, -0.15) is 0 Å². The van der Waals surface area contributed by atoms with Gasteiger partial charge < -0.3 is 10.0 Å². The van der Waals surface area contributed by atoms with Gasteiger partial charge in [-0.05, 0) is 13.8 Å². The van der Waals surface area contributed by atoms with Gasteiger partial charge in [0, 0.05) is 19.0 Å². The van der Waals surface area contributed by atoms with E-state index in [2.05, 4.69) is 4.84 Å². The molecule has 0 aromatic carbocycles. The Morgan fingerprint density at radius 1 is 1.59 bits per heavy atom. The zero-order valence-corrected chi connectivity index (χ0v) is 9.80. The second-order valence-electron chi connectivity index (χ2n) is 4.19. The van der Waals surface area contributed by atoms with Crippen molar-refractivity contribution in [3.63, 3.8) is 0 Å². The van der Waals surface area contributed by atoms with Crippen molar-refractivity contribution in [1.82, 2.24) is 10.4 Å². The molecule has 2 N–H and O–H groups in total. The van der Waals surface area contributed by atoms with E-state index in [0.717, 1.165) is 0 Å². The number of nitrogens with zero attached hydrogens (tertiary/aromatic N) is 1. The van der Waals surface area contributed by atoms with Crippen LogP contribution in [0, 0.1) is 5.92 Å². The van der Waals surface area contributed by atoms with E-state index in [9.17, 15) is 14.4 Å². The van der Waals surface area contributed by atoms with Crippen molar-refractivity contribution in [2.45, 2.75) is 26.3 Å². The second-order valence-corrected chi connectivity index (χ2v) is 4.19. The number of aliphatic carboxylic acids is 1. The summed E-state index contributed by atoms with van der Waals surface area (Å²) in [6.07, 6.45) is 0.139. The van der Waals surface area contributed by atoms with Crippen LogP contribution < -0.4 is 5.48 Å². The van der Waals surface area contributed by atoms with Gasteiger partial charge in [-0.25, -0.2) is 10.3 Å². The first-order chi connectivity index (χ1) is 7.91. The lowest BCUT2D eigenvalue weighted by Gasteiger charge is -2.20. The lowest BCUT2D eigenvalue weighted by Crippen LogP contribution is -2.36. The molecule has 0 aromatic rings. The maximum absolute atomic E-state index is 11.5. The zero-order chi connectivity index (χ0) is 13.0. The number of amides is 2. The molecule has 1 saturated heterocycles. The molecular formula is C10H16N2O5. The first kappa shape index (κ1) is 13.4. The number of carboxylic acid groups (broad SMARTS) is 1. The van der Waals surface area contributed by atoms with Crippen LogP contribution >= 0.6 is 0 Å². The van der Waals surface area contributed by atoms with E-state index in [1.54, 1.807) is 4.90 Å². The Bertz CT molecular complexity index is 329. The number of hydroxylamine groups is 1. The third kappa shape index (κ3) is 3.70. The summed E-state index contributed by atoms with van der Waals surface area (Å²) >= 11 is 0. The van der Waals surface area contributed by atoms with Crippen LogP contribution in [0.4, 0.5) is 0 Å². The Hall–Kier alpha value is -1.63. The molecule has 1 fully saturated rings. The molecule has 1 atom stereocenters. The lowest BCUT2D eigenvalue weighted by atomic mass is 10.1. The van der Waals surface area contributed by atoms with Crippen molar-refractivity contribution in [1.29, 1.82) is 0 Å². The molecule has 0 spiro atoms. The molecule has 1 heterocycles. The van der Waals surface area contributed by atoms with Crippen molar-refractivity contribution in [2.75, 3.05) is 13.2 Å². The van der Waals surface area contributed by atoms with Crippen molar-refractivity contribution in [3.05, 3.63) is 0 Å². The van der Waals surface area contributed by atoms with Gasteiger partial charge in [0.2, 0.25) is 11.8 Å². The van der Waals surface area contributed by atoms with E-state index in [1.807, 2.05) is 19.3 Å². The van der Waals surface area contributed by atoms with Crippen LogP contribution in [0.15, 0.2) is 0 Å². The maximum Gasteiger partial charge on any atom is 0.332 e. The first-order valence-electron chi connectivity index (χ1n) is 5.34. The molecule has 17 heavy (non-hydrogen) atoms. The standard InChI is InChI=1S/C10H16N2O5/c1-6(2)12-4-7(3-8(12)13)10(16)11-17-5-9(14)15/h6-7H,3-5H2,1-2H3,(H,11,16)(H,14,15). The topological polar surface area (TPSA) is 95.9 Å². The first-order valence-corrected chi connectivity index (χ1v) is 5.34. The van der Waals surface area contributed by atoms with E-state index >= 15 is 0 Å². The predicted molar refractivity (Wildman–Crippen MR) is 56.7 cm³/mol. The molecule has 2 amide bonds. The third-order valence-electron chi connectivity index (χ3n) is 2.52. The molecule has 7 heteroatoms. The molecule has 96 valence electrons. The number of hydrogen-bond donors (Lipinski definition) is 2. The zero-order valence-electron chi connectivity index (χ0n) is 9.80. The van der Waals surface area contributed by atoms with Crippen molar-refractivity contribution in [2.24, 2.45) is 5.92 Å². The average molecular weight is 244 g/mol. The fraction of sp³-hybridized carbons (Fsp3) is 0.700. The van der Waals surface area contributed by atoms with Gasteiger partial charge in [0.15, 0.2) is 6.61 Å². The van der Waals surface area contributed by atoms with E-state index in [1.165, 1.54) is 0 Å². The Morgan fingerprint density at radius 2 is 2.24 bits per heavy atom. The monoisotopic (exact) mass is 244 g/mol. The highest BCUT2D eigenvalue weighted by Crippen LogP contribution is 2.19. The van der Waals surface area contributed by atoms with Gasteiger partial charge >= 0.3 is 5.97 Å². The highest BCUT2D eigenvalue weighted by Gasteiger charge is 2.35. The summed E-state index contributed by atoms with van der Waals surface area (Å²) in [5, 5.41) is 8.31. The summed E-state index contributed by atoms with van der Waals surface area (Å²) in [4.78, 5) is 39.3. The number of hydrogen-bond acceptors (Lipinski definition) is 4. The summed E-state index contributed by atoms with van der Waals surface area (Å²) in [5.41, 5.74) is 2.04. The summed E-state index contributed by atoms with van der Waals surface area (Å²) in [6.45, 7) is 3.50. The van der Waals surface area contributed by atoms with Gasteiger partial charge in [0.1, 0.15) is 0 Å². The van der Waals surface area contributed by atoms with Crippen LogP contribution in [0.3, 0.4) is 0 Å². The van der Waals surface area contributed by atoms with Crippen molar-refractivity contribution >= 4 is 17.8 Å². The van der Waals surface area contributed by atoms with Crippen LogP contribution in [0.5, 0.6) is 0 Å². The van der Waals surface area contributed by atoms with Crippen LogP contribution in [0.25, 0.3) is 0 Å². The molecule has 7 nitrogen and oxygen atoms in total. The van der Waals surface area contributed by atoms with Gasteiger partial charge in [-0.15, -0.1) is 0 Å². The molecule has 1 aliphatic heterocycles. The lowest BCUT2D eigenvalue weighted by molar-refractivity contribution is -0.150. The normalized spacial score (nSPS) is 19.8. The number of carboxylic acids is 1. The molecule has 1 aliphatic rings. The predicted octanol–water partition coefficient (Wildman–Crippen LogP) is -0.624. The van der Waals surface area contributed by atoms with E-state index < -0.39 is 24.4 Å². The molecule has 1 unspecified atom stereocenters. The minimum Gasteiger partial charge on any atom is -0.479 e. The molecule has 0 bridgehead atoms. The molecule has 0 aliphatic carbocycles. The molecule has 1 rings (SSSR count). The van der Waals surface area contributed by atoms with Gasteiger partial charge in [0.25, 0.3) is 0 Å². The minimum absolute atomic E-state index is 0.0558. The van der Waals surface area contributed by atoms with E-state index in [0.29, 0.717) is 6.54 Å². The highest BCUT2D eigenvalue weighted by molar-refractivity contribution is 5.89. The highest BCUT2D eigenvalue weighted by atomic mass is 16.7. The smallest absolute Gasteiger partial charge is 0.332 e. The van der Waals surface area contributed by atoms with Gasteiger partial charge in [-0.1, -0.05) is 0 Å². The van der Waals surface area contributed by atoms with Crippen LogP contribution in [0.1, 0.15) is 20.3 Å². The molecule has 0 saturated carbocycles. The SMILES string of the molecule is CC(C)N1CC(C(=O)NOCC(=O)O)CC1=O. The van der Waals surface area contributed by atoms with Crippen LogP contribution in [-0.2, 0) is 19.2 Å². The number of likely N-dealkylation sites (tertiary alicyclic amines) is 1. The van der Waals surface area contributed by atoms with E-state index in [4.69, 9.17) is 5.11 Å². The number of carbonyl (C=O) groups is 3. The molecular weight excluding hydrogens is 228 g/mol. The Balaban J connectivity index is 2.39. The fourth-order valence-electron chi connectivity index (χ4n) is 1.66. The summed E-state index contributed by atoms with van der Waals surface area (Å²) in [5.74, 6) is -2.17. The fourth-order valence-corrected chi connectivity index (χ4v) is 1.66. The van der Waals surface area contributed by atoms with E-state index in [-0.39, 0.29) is 18.4 Å². The number of carbonyl (C=O) groups excluding carboxylic acids is 2. The summed E-state index contributed by atoms with van der Waals surface area (Å²) < 4.78 is 0. The third-order valence-corrected chi connectivity index (χ3v) is 2.52. The van der Waals surface area contributed by atoms with Gasteiger partial charge in [0.05, 0.1) is 5.92 Å². The van der Waals surface area contributed by atoms with Crippen molar-refractivity contribution in [3.8, 4) is 0 Å². The maximum atomic E-state index is 11.5. The van der Waals surface area contributed by atoms with Crippen LogP contribution in [0.2, 0.25) is 0 Å². The van der Waals surface area contributed by atoms with Gasteiger partial charge in [-0.3, -0.25) is 14.4 Å². The van der Waals surface area contributed by atoms with Crippen LogP contribution in [-0.4, -0.2) is 47.0 Å². The Labute approximate surface area is 98.7 Å². The Morgan fingerprint density at radius 3 is 2.71 bits per heavy atom. The summed E-state index contributed by atoms with van der Waals surface area (Å²) in [6, 6.07) is 0.0558. The average Bonchev–Trinajstić information content (AvgIpc) is 2.59. The number of rotatable bonds is 5. The molecule has 0 radical (unpaired) electrons. The quantitative estimate of drug-likeness (QED) is 0.628. The second kappa shape index (κ2) is 5.62. The minimum atomic E-state index is -1.17. The largest absolute Gasteiger partial charge is 0.479 e. The van der Waals surface area contributed by atoms with Crippen molar-refractivity contribution < 1.29 is 24.3 Å². The number of nitrogens with one attached hydrogen (secondary N) is 1. The molecule has 0 aromatic heterocycles.